The van der Waals surface area contributed by atoms with E-state index in [0.717, 1.165) is 17.0 Å². The van der Waals surface area contributed by atoms with Crippen LogP contribution in [0.2, 0.25) is 10.0 Å². The molecule has 0 aliphatic rings. The summed E-state index contributed by atoms with van der Waals surface area (Å²) in [5, 5.41) is 9.31. The van der Waals surface area contributed by atoms with Crippen molar-refractivity contribution in [2.45, 2.75) is 13.0 Å². The molecule has 3 aromatic rings. The second-order valence-corrected chi connectivity index (χ2v) is 5.22. The summed E-state index contributed by atoms with van der Waals surface area (Å²) in [5.41, 5.74) is 1.61. The average molecular weight is 308 g/mol. The molecule has 0 saturated carbocycles. The Morgan fingerprint density at radius 3 is 2.75 bits per heavy atom. The molecule has 0 spiro atoms. The molecule has 2 heterocycles. The first kappa shape index (κ1) is 13.2. The van der Waals surface area contributed by atoms with Gasteiger partial charge in [0.2, 0.25) is 0 Å². The van der Waals surface area contributed by atoms with Crippen molar-refractivity contribution >= 4 is 23.2 Å². The van der Waals surface area contributed by atoms with Gasteiger partial charge in [-0.05, 0) is 31.2 Å². The maximum atomic E-state index is 6.01. The van der Waals surface area contributed by atoms with Gasteiger partial charge in [0.15, 0.2) is 0 Å². The topological polar surface area (TPSA) is 43.9 Å². The summed E-state index contributed by atoms with van der Waals surface area (Å²) >= 11 is 11.9. The first-order chi connectivity index (χ1) is 9.65. The van der Waals surface area contributed by atoms with Crippen LogP contribution in [0, 0.1) is 0 Å². The van der Waals surface area contributed by atoms with Crippen molar-refractivity contribution in [1.82, 2.24) is 15.0 Å². The van der Waals surface area contributed by atoms with Crippen molar-refractivity contribution in [3.05, 3.63) is 58.6 Å². The van der Waals surface area contributed by atoms with Gasteiger partial charge in [-0.1, -0.05) is 34.5 Å². The van der Waals surface area contributed by atoms with E-state index in [9.17, 15) is 0 Å². The van der Waals surface area contributed by atoms with Gasteiger partial charge in [0, 0.05) is 5.56 Å². The smallest absolute Gasteiger partial charge is 0.128 e. The molecule has 0 amide bonds. The van der Waals surface area contributed by atoms with Crippen LogP contribution in [0.4, 0.5) is 0 Å². The molecule has 0 aliphatic heterocycles. The summed E-state index contributed by atoms with van der Waals surface area (Å²) in [7, 11) is 0. The maximum absolute atomic E-state index is 6.01. The van der Waals surface area contributed by atoms with E-state index in [1.807, 2.05) is 31.3 Å². The molecule has 6 heteroatoms. The number of halogens is 2. The Hall–Kier alpha value is -1.78. The molecule has 1 atom stereocenters. The molecule has 0 fully saturated rings. The Bertz CT molecular complexity index is 722. The third-order valence-corrected chi connectivity index (χ3v) is 3.82. The molecule has 4 nitrogen and oxygen atoms in total. The van der Waals surface area contributed by atoms with Gasteiger partial charge in [0.05, 0.1) is 22.5 Å². The highest BCUT2D eigenvalue weighted by atomic mass is 35.5. The largest absolute Gasteiger partial charge is 0.467 e. The highest BCUT2D eigenvalue weighted by molar-refractivity contribution is 6.42. The summed E-state index contributed by atoms with van der Waals surface area (Å²) in [6, 6.07) is 9.12. The zero-order valence-corrected chi connectivity index (χ0v) is 12.1. The summed E-state index contributed by atoms with van der Waals surface area (Å²) in [6.45, 7) is 1.99. The summed E-state index contributed by atoms with van der Waals surface area (Å²) in [4.78, 5) is 0. The van der Waals surface area contributed by atoms with Crippen LogP contribution in [-0.2, 0) is 0 Å². The SMILES string of the molecule is CC(c1ccco1)n1cc(-c2ccc(Cl)c(Cl)c2)nn1. The first-order valence-corrected chi connectivity index (χ1v) is 6.81. The number of furan rings is 1. The van der Waals surface area contributed by atoms with E-state index >= 15 is 0 Å². The molecule has 2 aromatic heterocycles. The first-order valence-electron chi connectivity index (χ1n) is 6.06. The molecular formula is C14H11Cl2N3O. The van der Waals surface area contributed by atoms with E-state index in [-0.39, 0.29) is 6.04 Å². The lowest BCUT2D eigenvalue weighted by atomic mass is 10.2. The van der Waals surface area contributed by atoms with Gasteiger partial charge in [-0.25, -0.2) is 4.68 Å². The molecular weight excluding hydrogens is 297 g/mol. The standard InChI is InChI=1S/C14H11Cl2N3O/c1-9(14-3-2-6-20-14)19-8-13(17-18-19)10-4-5-11(15)12(16)7-10/h2-9H,1H3. The summed E-state index contributed by atoms with van der Waals surface area (Å²) < 4.78 is 7.12. The lowest BCUT2D eigenvalue weighted by molar-refractivity contribution is 0.419. The Labute approximate surface area is 125 Å². The molecule has 1 unspecified atom stereocenters. The van der Waals surface area contributed by atoms with Crippen LogP contribution in [0.25, 0.3) is 11.3 Å². The molecule has 0 saturated heterocycles. The van der Waals surface area contributed by atoms with E-state index in [1.165, 1.54) is 0 Å². The molecule has 20 heavy (non-hydrogen) atoms. The van der Waals surface area contributed by atoms with Crippen LogP contribution in [0.1, 0.15) is 18.7 Å². The zero-order valence-electron chi connectivity index (χ0n) is 10.6. The van der Waals surface area contributed by atoms with E-state index in [0.29, 0.717) is 10.0 Å². The highest BCUT2D eigenvalue weighted by Crippen LogP contribution is 2.28. The van der Waals surface area contributed by atoms with E-state index in [4.69, 9.17) is 27.6 Å². The number of rotatable bonds is 3. The van der Waals surface area contributed by atoms with E-state index < -0.39 is 0 Å². The van der Waals surface area contributed by atoms with Gasteiger partial charge in [-0.3, -0.25) is 0 Å². The molecule has 3 rings (SSSR count). The molecule has 0 N–H and O–H groups in total. The van der Waals surface area contributed by atoms with Gasteiger partial charge >= 0.3 is 0 Å². The average Bonchev–Trinajstić information content (AvgIpc) is 3.11. The third-order valence-electron chi connectivity index (χ3n) is 3.08. The van der Waals surface area contributed by atoms with E-state index in [2.05, 4.69) is 10.3 Å². The summed E-state index contributed by atoms with van der Waals surface area (Å²) in [5.74, 6) is 0.829. The number of nitrogens with zero attached hydrogens (tertiary/aromatic N) is 3. The lowest BCUT2D eigenvalue weighted by Crippen LogP contribution is -2.06. The maximum Gasteiger partial charge on any atom is 0.128 e. The van der Waals surface area contributed by atoms with Crippen LogP contribution in [-0.4, -0.2) is 15.0 Å². The monoisotopic (exact) mass is 307 g/mol. The zero-order chi connectivity index (χ0) is 14.1. The van der Waals surface area contributed by atoms with Crippen LogP contribution in [0.5, 0.6) is 0 Å². The number of hydrogen-bond acceptors (Lipinski definition) is 3. The minimum Gasteiger partial charge on any atom is -0.467 e. The third kappa shape index (κ3) is 2.44. The van der Waals surface area contributed by atoms with Gasteiger partial charge in [-0.15, -0.1) is 5.10 Å². The second-order valence-electron chi connectivity index (χ2n) is 4.40. The van der Waals surface area contributed by atoms with Crippen molar-refractivity contribution < 1.29 is 4.42 Å². The van der Waals surface area contributed by atoms with Crippen LogP contribution in [0.3, 0.4) is 0 Å². The Morgan fingerprint density at radius 2 is 2.05 bits per heavy atom. The van der Waals surface area contributed by atoms with Crippen molar-refractivity contribution in [3.8, 4) is 11.3 Å². The van der Waals surface area contributed by atoms with Gasteiger partial charge in [-0.2, -0.15) is 0 Å². The van der Waals surface area contributed by atoms with Crippen molar-refractivity contribution in [3.63, 3.8) is 0 Å². The van der Waals surface area contributed by atoms with Crippen LogP contribution >= 0.6 is 23.2 Å². The predicted molar refractivity (Wildman–Crippen MR) is 78.0 cm³/mol. The lowest BCUT2D eigenvalue weighted by Gasteiger charge is -2.07. The van der Waals surface area contributed by atoms with Crippen molar-refractivity contribution in [2.75, 3.05) is 0 Å². The Kier molecular flexibility index (Phi) is 3.51. The Balaban J connectivity index is 1.92. The molecule has 0 radical (unpaired) electrons. The van der Waals surface area contributed by atoms with Gasteiger partial charge in [0.25, 0.3) is 0 Å². The van der Waals surface area contributed by atoms with Gasteiger partial charge in [0.1, 0.15) is 17.5 Å². The number of hydrogen-bond donors (Lipinski definition) is 0. The fraction of sp³-hybridized carbons (Fsp3) is 0.143. The van der Waals surface area contributed by atoms with Gasteiger partial charge < -0.3 is 4.42 Å². The molecule has 0 bridgehead atoms. The molecule has 1 aromatic carbocycles. The number of aromatic nitrogens is 3. The Morgan fingerprint density at radius 1 is 1.20 bits per heavy atom. The minimum atomic E-state index is -0.0194. The second kappa shape index (κ2) is 5.31. The van der Waals surface area contributed by atoms with Crippen LogP contribution < -0.4 is 0 Å². The summed E-state index contributed by atoms with van der Waals surface area (Å²) in [6.07, 6.45) is 3.50. The van der Waals surface area contributed by atoms with E-state index in [1.54, 1.807) is 23.1 Å². The van der Waals surface area contributed by atoms with Crippen molar-refractivity contribution in [1.29, 1.82) is 0 Å². The molecule has 0 aliphatic carbocycles. The quantitative estimate of drug-likeness (QED) is 0.718. The normalized spacial score (nSPS) is 12.6. The van der Waals surface area contributed by atoms with Crippen molar-refractivity contribution in [2.24, 2.45) is 0 Å². The predicted octanol–water partition coefficient (Wildman–Crippen LogP) is 4.45. The number of benzene rings is 1. The fourth-order valence-corrected chi connectivity index (χ4v) is 2.21. The minimum absolute atomic E-state index is 0.0194. The van der Waals surface area contributed by atoms with Crippen LogP contribution in [0.15, 0.2) is 47.2 Å². The molecule has 102 valence electrons. The fourth-order valence-electron chi connectivity index (χ4n) is 1.91. The highest BCUT2D eigenvalue weighted by Gasteiger charge is 2.14.